The molecule has 0 saturated carbocycles. The van der Waals surface area contributed by atoms with Gasteiger partial charge in [-0.2, -0.15) is 0 Å². The van der Waals surface area contributed by atoms with E-state index in [9.17, 15) is 9.18 Å². The third-order valence-corrected chi connectivity index (χ3v) is 5.67. The van der Waals surface area contributed by atoms with E-state index in [0.717, 1.165) is 4.90 Å². The SMILES string of the molecule is C[C@@H]1CN(c2c(C3OCCO3)cc3c(N4C(=O)OC[C@H]4CF)noc3c2F)C[C@H](C)O1. The molecule has 31 heavy (non-hydrogen) atoms. The zero-order valence-electron chi connectivity index (χ0n) is 17.2. The van der Waals surface area contributed by atoms with E-state index in [4.69, 9.17) is 23.5 Å². The average molecular weight is 439 g/mol. The van der Waals surface area contributed by atoms with Crippen molar-refractivity contribution < 1.29 is 37.0 Å². The van der Waals surface area contributed by atoms with Crippen molar-refractivity contribution in [2.24, 2.45) is 0 Å². The molecule has 0 unspecified atom stereocenters. The third kappa shape index (κ3) is 3.40. The summed E-state index contributed by atoms with van der Waals surface area (Å²) in [4.78, 5) is 15.1. The topological polar surface area (TPSA) is 86.5 Å². The van der Waals surface area contributed by atoms with E-state index in [2.05, 4.69) is 5.16 Å². The number of nitrogens with zero attached hydrogens (tertiary/aromatic N) is 3. The van der Waals surface area contributed by atoms with E-state index in [0.29, 0.717) is 31.9 Å². The van der Waals surface area contributed by atoms with Crippen LogP contribution in [-0.2, 0) is 18.9 Å². The lowest BCUT2D eigenvalue weighted by Gasteiger charge is -2.38. The van der Waals surface area contributed by atoms with Crippen LogP contribution >= 0.6 is 0 Å². The normalized spacial score (nSPS) is 27.5. The summed E-state index contributed by atoms with van der Waals surface area (Å²) in [6.45, 7) is 4.58. The van der Waals surface area contributed by atoms with Gasteiger partial charge in [0.05, 0.1) is 36.5 Å². The molecular formula is C20H23F2N3O6. The molecule has 3 saturated heterocycles. The van der Waals surface area contributed by atoms with Crippen molar-refractivity contribution >= 4 is 28.6 Å². The molecule has 2 aromatic rings. The molecule has 9 nitrogen and oxygen atoms in total. The first-order valence-corrected chi connectivity index (χ1v) is 10.2. The van der Waals surface area contributed by atoms with Crippen molar-refractivity contribution in [1.29, 1.82) is 0 Å². The van der Waals surface area contributed by atoms with E-state index in [-0.39, 0.29) is 41.3 Å². The highest BCUT2D eigenvalue weighted by molar-refractivity contribution is 6.01. The lowest BCUT2D eigenvalue weighted by atomic mass is 10.0. The van der Waals surface area contributed by atoms with Crippen LogP contribution in [0.15, 0.2) is 10.6 Å². The number of hydrogen-bond acceptors (Lipinski definition) is 8. The Labute approximate surface area is 176 Å². The van der Waals surface area contributed by atoms with Crippen molar-refractivity contribution in [2.75, 3.05) is 49.4 Å². The molecule has 1 aromatic carbocycles. The second-order valence-electron chi connectivity index (χ2n) is 8.00. The van der Waals surface area contributed by atoms with Crippen LogP contribution in [-0.4, -0.2) is 69.1 Å². The van der Waals surface area contributed by atoms with E-state index in [1.54, 1.807) is 6.07 Å². The molecule has 3 atom stereocenters. The predicted molar refractivity (Wildman–Crippen MR) is 104 cm³/mol. The highest BCUT2D eigenvalue weighted by Gasteiger charge is 2.39. The Hall–Kier alpha value is -2.50. The number of carbonyl (C=O) groups is 1. The van der Waals surface area contributed by atoms with Gasteiger partial charge in [0.25, 0.3) is 0 Å². The molecule has 1 aromatic heterocycles. The van der Waals surface area contributed by atoms with Crippen LogP contribution in [0.25, 0.3) is 11.0 Å². The van der Waals surface area contributed by atoms with Gasteiger partial charge in [0, 0.05) is 18.7 Å². The number of rotatable bonds is 4. The zero-order chi connectivity index (χ0) is 21.7. The fraction of sp³-hybridized carbons (Fsp3) is 0.600. The van der Waals surface area contributed by atoms with Gasteiger partial charge in [-0.15, -0.1) is 0 Å². The van der Waals surface area contributed by atoms with Gasteiger partial charge in [0.1, 0.15) is 19.3 Å². The predicted octanol–water partition coefficient (Wildman–Crippen LogP) is 2.92. The number of cyclic esters (lactones) is 1. The Morgan fingerprint density at radius 2 is 1.90 bits per heavy atom. The number of amides is 1. The highest BCUT2D eigenvalue weighted by atomic mass is 19.1. The van der Waals surface area contributed by atoms with E-state index >= 15 is 4.39 Å². The van der Waals surface area contributed by atoms with E-state index in [1.165, 1.54) is 0 Å². The quantitative estimate of drug-likeness (QED) is 0.719. The summed E-state index contributed by atoms with van der Waals surface area (Å²) in [6.07, 6.45) is -1.75. The van der Waals surface area contributed by atoms with Crippen molar-refractivity contribution in [3.63, 3.8) is 0 Å². The Bertz CT molecular complexity index is 985. The van der Waals surface area contributed by atoms with Crippen molar-refractivity contribution in [3.05, 3.63) is 17.4 Å². The minimum absolute atomic E-state index is 0.00793. The molecule has 4 heterocycles. The molecule has 11 heteroatoms. The monoisotopic (exact) mass is 439 g/mol. The smallest absolute Gasteiger partial charge is 0.416 e. The van der Waals surface area contributed by atoms with Gasteiger partial charge in [-0.3, -0.25) is 0 Å². The molecule has 0 radical (unpaired) electrons. The second-order valence-corrected chi connectivity index (χ2v) is 8.00. The first-order valence-electron chi connectivity index (χ1n) is 10.2. The van der Waals surface area contributed by atoms with Crippen LogP contribution in [0.4, 0.5) is 25.1 Å². The number of carbonyl (C=O) groups excluding carboxylic acids is 1. The number of morpholine rings is 1. The zero-order valence-corrected chi connectivity index (χ0v) is 17.2. The Morgan fingerprint density at radius 1 is 1.19 bits per heavy atom. The Morgan fingerprint density at radius 3 is 2.58 bits per heavy atom. The van der Waals surface area contributed by atoms with Gasteiger partial charge in [-0.05, 0) is 19.9 Å². The van der Waals surface area contributed by atoms with Crippen LogP contribution in [0.3, 0.4) is 0 Å². The summed E-state index contributed by atoms with van der Waals surface area (Å²) in [5.41, 5.74) is 0.614. The van der Waals surface area contributed by atoms with Crippen LogP contribution in [0.1, 0.15) is 25.7 Å². The maximum atomic E-state index is 15.9. The number of alkyl halides is 1. The third-order valence-electron chi connectivity index (χ3n) is 5.67. The molecule has 1 amide bonds. The fourth-order valence-electron chi connectivity index (χ4n) is 4.44. The summed E-state index contributed by atoms with van der Waals surface area (Å²) in [5.74, 6) is -0.635. The van der Waals surface area contributed by atoms with Crippen molar-refractivity contribution in [2.45, 2.75) is 38.4 Å². The Kier molecular flexibility index (Phi) is 5.19. The second kappa shape index (κ2) is 7.88. The fourth-order valence-corrected chi connectivity index (χ4v) is 4.44. The first kappa shape index (κ1) is 20.4. The van der Waals surface area contributed by atoms with Crippen molar-refractivity contribution in [1.82, 2.24) is 5.16 Å². The van der Waals surface area contributed by atoms with Gasteiger partial charge >= 0.3 is 6.09 Å². The lowest BCUT2D eigenvalue weighted by molar-refractivity contribution is -0.0445. The number of hydrogen-bond donors (Lipinski definition) is 0. The van der Waals surface area contributed by atoms with Gasteiger partial charge < -0.3 is 28.4 Å². The molecule has 3 aliphatic heterocycles. The number of anilines is 2. The maximum Gasteiger partial charge on any atom is 0.416 e. The number of fused-ring (bicyclic) bond motifs is 1. The number of aromatic nitrogens is 1. The maximum absolute atomic E-state index is 15.9. The van der Waals surface area contributed by atoms with Crippen LogP contribution in [0, 0.1) is 5.82 Å². The van der Waals surface area contributed by atoms with Crippen LogP contribution < -0.4 is 9.80 Å². The summed E-state index contributed by atoms with van der Waals surface area (Å²) in [6, 6.07) is 0.785. The van der Waals surface area contributed by atoms with Gasteiger partial charge in [-0.1, -0.05) is 5.16 Å². The lowest BCUT2D eigenvalue weighted by Crippen LogP contribution is -2.46. The number of benzene rings is 1. The minimum Gasteiger partial charge on any atom is -0.447 e. The molecule has 3 aliphatic rings. The summed E-state index contributed by atoms with van der Waals surface area (Å²) >= 11 is 0. The molecule has 0 N–H and O–H groups in total. The summed E-state index contributed by atoms with van der Waals surface area (Å²) in [5, 5.41) is 4.11. The number of ether oxygens (including phenoxy) is 4. The summed E-state index contributed by atoms with van der Waals surface area (Å²) < 4.78 is 56.7. The van der Waals surface area contributed by atoms with Gasteiger partial charge in [0.2, 0.25) is 5.58 Å². The first-order chi connectivity index (χ1) is 15.0. The average Bonchev–Trinajstić information content (AvgIpc) is 3.46. The summed E-state index contributed by atoms with van der Waals surface area (Å²) in [7, 11) is 0. The largest absolute Gasteiger partial charge is 0.447 e. The van der Waals surface area contributed by atoms with Gasteiger partial charge in [0.15, 0.2) is 17.9 Å². The minimum atomic E-state index is -0.855. The molecular weight excluding hydrogens is 416 g/mol. The number of halogens is 2. The van der Waals surface area contributed by atoms with Crippen LogP contribution in [0.5, 0.6) is 0 Å². The van der Waals surface area contributed by atoms with E-state index < -0.39 is 30.9 Å². The molecule has 0 aliphatic carbocycles. The van der Waals surface area contributed by atoms with Gasteiger partial charge in [-0.25, -0.2) is 18.5 Å². The van der Waals surface area contributed by atoms with Crippen molar-refractivity contribution in [3.8, 4) is 0 Å². The molecule has 0 spiro atoms. The highest BCUT2D eigenvalue weighted by Crippen LogP contribution is 2.42. The molecule has 5 rings (SSSR count). The molecule has 3 fully saturated rings. The Balaban J connectivity index is 1.66. The molecule has 168 valence electrons. The van der Waals surface area contributed by atoms with Crippen LogP contribution in [0.2, 0.25) is 0 Å². The standard InChI is InChI=1S/C20H23F2N3O6/c1-10-7-24(8-11(2)30-10)16-13(19-27-3-4-28-19)5-14-17(15(16)22)31-23-18(14)25-12(6-21)9-29-20(25)26/h5,10-12,19H,3-4,6-9H2,1-2H3/t10-,11+,12-/m1/s1. The van der Waals surface area contributed by atoms with E-state index in [1.807, 2.05) is 18.7 Å². The molecule has 0 bridgehead atoms.